The molecule has 1 aromatic heterocycles. The molecular formula is C20H22Cl2F2N4O2. The molecule has 0 atom stereocenters. The summed E-state index contributed by atoms with van der Waals surface area (Å²) in [6.45, 7) is 1.42. The third-order valence-corrected chi connectivity index (χ3v) is 5.14. The first-order valence-corrected chi connectivity index (χ1v) is 9.03. The molecule has 0 bridgehead atoms. The number of aromatic nitrogens is 2. The second kappa shape index (κ2) is 9.70. The molecule has 10 heteroatoms. The first-order chi connectivity index (χ1) is 13.5. The Balaban J connectivity index is 0.00000160. The standard InChI is InChI=1S/C20H20F2N4O2.2ClH/c1-28-20(6-8-23-9-7-20)19(27)24-13-3-5-16-17(11-13)26-18(25-16)14-10-12(21)2-4-15(14)22;;/h2-5,10-11,23H,6-9H2,1H3,(H,24,27)(H,25,26);2*1H. The number of anilines is 1. The van der Waals surface area contributed by atoms with E-state index in [9.17, 15) is 13.6 Å². The first kappa shape index (κ1) is 24.0. The summed E-state index contributed by atoms with van der Waals surface area (Å²) in [6.07, 6.45) is 1.18. The molecule has 4 rings (SSSR count). The summed E-state index contributed by atoms with van der Waals surface area (Å²) in [6, 6.07) is 8.36. The van der Waals surface area contributed by atoms with Crippen LogP contribution in [0.5, 0.6) is 0 Å². The summed E-state index contributed by atoms with van der Waals surface area (Å²) in [7, 11) is 1.54. The van der Waals surface area contributed by atoms with Gasteiger partial charge in [0.1, 0.15) is 23.1 Å². The van der Waals surface area contributed by atoms with Crippen LogP contribution in [0.3, 0.4) is 0 Å². The van der Waals surface area contributed by atoms with Gasteiger partial charge < -0.3 is 20.4 Å². The van der Waals surface area contributed by atoms with Gasteiger partial charge in [-0.05, 0) is 62.3 Å². The van der Waals surface area contributed by atoms with E-state index in [0.29, 0.717) is 42.7 Å². The Bertz CT molecular complexity index is 1040. The SMILES string of the molecule is COC1(C(=O)Nc2ccc3nc(-c4cc(F)ccc4F)[nH]c3c2)CCNCC1.Cl.Cl. The molecule has 1 saturated heterocycles. The van der Waals surface area contributed by atoms with Crippen molar-refractivity contribution < 1.29 is 18.3 Å². The second-order valence-corrected chi connectivity index (χ2v) is 6.84. The number of hydrogen-bond acceptors (Lipinski definition) is 4. The van der Waals surface area contributed by atoms with Crippen molar-refractivity contribution in [2.24, 2.45) is 0 Å². The lowest BCUT2D eigenvalue weighted by molar-refractivity contribution is -0.140. The summed E-state index contributed by atoms with van der Waals surface area (Å²) in [5, 5.41) is 6.10. The molecular weight excluding hydrogens is 437 g/mol. The number of H-pyrrole nitrogens is 1. The molecule has 162 valence electrons. The number of carbonyl (C=O) groups is 1. The molecule has 1 amide bonds. The van der Waals surface area contributed by atoms with Gasteiger partial charge in [0.2, 0.25) is 0 Å². The van der Waals surface area contributed by atoms with E-state index in [1.54, 1.807) is 25.3 Å². The highest BCUT2D eigenvalue weighted by atomic mass is 35.5. The Hall–Kier alpha value is -2.26. The van der Waals surface area contributed by atoms with Crippen LogP contribution < -0.4 is 10.6 Å². The van der Waals surface area contributed by atoms with Crippen molar-refractivity contribution in [2.75, 3.05) is 25.5 Å². The second-order valence-electron chi connectivity index (χ2n) is 6.84. The van der Waals surface area contributed by atoms with Gasteiger partial charge in [-0.15, -0.1) is 24.8 Å². The zero-order valence-corrected chi connectivity index (χ0v) is 17.8. The van der Waals surface area contributed by atoms with Crippen LogP contribution in [-0.4, -0.2) is 41.7 Å². The molecule has 0 radical (unpaired) electrons. The molecule has 2 heterocycles. The van der Waals surface area contributed by atoms with Crippen LogP contribution in [0.1, 0.15) is 12.8 Å². The van der Waals surface area contributed by atoms with Crippen LogP contribution in [0.4, 0.5) is 14.5 Å². The normalized spacial score (nSPS) is 15.2. The predicted molar refractivity (Wildman–Crippen MR) is 116 cm³/mol. The average molecular weight is 459 g/mol. The molecule has 3 aromatic rings. The van der Waals surface area contributed by atoms with Crippen LogP contribution in [0.2, 0.25) is 0 Å². The molecule has 1 fully saturated rings. The Morgan fingerprint density at radius 2 is 1.87 bits per heavy atom. The Morgan fingerprint density at radius 1 is 1.13 bits per heavy atom. The zero-order chi connectivity index (χ0) is 19.7. The van der Waals surface area contributed by atoms with Crippen LogP contribution in [0.15, 0.2) is 36.4 Å². The third-order valence-electron chi connectivity index (χ3n) is 5.14. The highest BCUT2D eigenvalue weighted by Crippen LogP contribution is 2.28. The highest BCUT2D eigenvalue weighted by Gasteiger charge is 2.39. The number of nitrogens with zero attached hydrogens (tertiary/aromatic N) is 1. The van der Waals surface area contributed by atoms with Crippen molar-refractivity contribution in [3.8, 4) is 11.4 Å². The van der Waals surface area contributed by atoms with Gasteiger partial charge in [-0.1, -0.05) is 0 Å². The largest absolute Gasteiger partial charge is 0.368 e. The molecule has 2 aromatic carbocycles. The van der Waals surface area contributed by atoms with Gasteiger partial charge >= 0.3 is 0 Å². The number of benzene rings is 2. The van der Waals surface area contributed by atoms with E-state index in [2.05, 4.69) is 20.6 Å². The van der Waals surface area contributed by atoms with E-state index < -0.39 is 17.2 Å². The average Bonchev–Trinajstić information content (AvgIpc) is 3.13. The Labute approximate surface area is 184 Å². The molecule has 1 aliphatic heterocycles. The molecule has 0 unspecified atom stereocenters. The number of carbonyl (C=O) groups excluding carboxylic acids is 1. The number of imidazole rings is 1. The minimum absolute atomic E-state index is 0. The number of hydrogen-bond donors (Lipinski definition) is 3. The van der Waals surface area contributed by atoms with Gasteiger partial charge in [0.05, 0.1) is 16.6 Å². The van der Waals surface area contributed by atoms with Crippen molar-refractivity contribution in [3.05, 3.63) is 48.0 Å². The van der Waals surface area contributed by atoms with Crippen LogP contribution in [0.25, 0.3) is 22.4 Å². The van der Waals surface area contributed by atoms with E-state index in [1.807, 2.05) is 0 Å². The van der Waals surface area contributed by atoms with Gasteiger partial charge in [0.15, 0.2) is 0 Å². The maximum atomic E-state index is 14.0. The number of halogens is 4. The fourth-order valence-electron chi connectivity index (χ4n) is 3.49. The summed E-state index contributed by atoms with van der Waals surface area (Å²) in [5.74, 6) is -1.09. The minimum Gasteiger partial charge on any atom is -0.368 e. The van der Waals surface area contributed by atoms with Gasteiger partial charge in [0.25, 0.3) is 5.91 Å². The number of fused-ring (bicyclic) bond motifs is 1. The summed E-state index contributed by atoms with van der Waals surface area (Å²) in [4.78, 5) is 20.1. The van der Waals surface area contributed by atoms with E-state index >= 15 is 0 Å². The van der Waals surface area contributed by atoms with Gasteiger partial charge in [-0.3, -0.25) is 4.79 Å². The van der Waals surface area contributed by atoms with Crippen LogP contribution >= 0.6 is 24.8 Å². The van der Waals surface area contributed by atoms with Crippen molar-refractivity contribution in [2.45, 2.75) is 18.4 Å². The lowest BCUT2D eigenvalue weighted by Gasteiger charge is -2.34. The Morgan fingerprint density at radius 3 is 2.57 bits per heavy atom. The van der Waals surface area contributed by atoms with E-state index in [0.717, 1.165) is 18.2 Å². The minimum atomic E-state index is -0.857. The quantitative estimate of drug-likeness (QED) is 0.550. The zero-order valence-electron chi connectivity index (χ0n) is 16.1. The maximum absolute atomic E-state index is 14.0. The first-order valence-electron chi connectivity index (χ1n) is 9.03. The van der Waals surface area contributed by atoms with Crippen molar-refractivity contribution in [1.82, 2.24) is 15.3 Å². The summed E-state index contributed by atoms with van der Waals surface area (Å²) >= 11 is 0. The molecule has 0 aliphatic carbocycles. The lowest BCUT2D eigenvalue weighted by atomic mass is 9.91. The number of rotatable bonds is 4. The molecule has 6 nitrogen and oxygen atoms in total. The molecule has 30 heavy (non-hydrogen) atoms. The van der Waals surface area contributed by atoms with Gasteiger partial charge in [0, 0.05) is 12.8 Å². The number of aromatic amines is 1. The topological polar surface area (TPSA) is 79.0 Å². The number of nitrogens with one attached hydrogen (secondary N) is 3. The lowest BCUT2D eigenvalue weighted by Crippen LogP contribution is -2.51. The predicted octanol–water partition coefficient (Wildman–Crippen LogP) is 4.06. The number of piperidine rings is 1. The number of ether oxygens (including phenoxy) is 1. The van der Waals surface area contributed by atoms with Gasteiger partial charge in [-0.2, -0.15) is 0 Å². The van der Waals surface area contributed by atoms with Crippen molar-refractivity contribution in [3.63, 3.8) is 0 Å². The Kier molecular flexibility index (Phi) is 7.76. The summed E-state index contributed by atoms with van der Waals surface area (Å²) in [5.41, 5.74) is 0.953. The monoisotopic (exact) mass is 458 g/mol. The molecule has 0 saturated carbocycles. The molecule has 3 N–H and O–H groups in total. The van der Waals surface area contributed by atoms with Crippen molar-refractivity contribution in [1.29, 1.82) is 0 Å². The fraction of sp³-hybridized carbons (Fsp3) is 0.300. The number of methoxy groups -OCH3 is 1. The maximum Gasteiger partial charge on any atom is 0.256 e. The van der Waals surface area contributed by atoms with Crippen LogP contribution in [0, 0.1) is 11.6 Å². The van der Waals surface area contributed by atoms with E-state index in [-0.39, 0.29) is 42.1 Å². The fourth-order valence-corrected chi connectivity index (χ4v) is 3.49. The molecule has 0 spiro atoms. The van der Waals surface area contributed by atoms with Crippen LogP contribution in [-0.2, 0) is 9.53 Å². The van der Waals surface area contributed by atoms with E-state index in [1.165, 1.54) is 0 Å². The van der Waals surface area contributed by atoms with Gasteiger partial charge in [-0.25, -0.2) is 13.8 Å². The molecule has 1 aliphatic rings. The highest BCUT2D eigenvalue weighted by molar-refractivity contribution is 5.99. The summed E-state index contributed by atoms with van der Waals surface area (Å²) < 4.78 is 33.0. The van der Waals surface area contributed by atoms with E-state index in [4.69, 9.17) is 4.74 Å². The number of amides is 1. The smallest absolute Gasteiger partial charge is 0.256 e. The van der Waals surface area contributed by atoms with Crippen molar-refractivity contribution >= 4 is 47.4 Å². The third kappa shape index (κ3) is 4.57.